The Hall–Kier alpha value is -3.56. The summed E-state index contributed by atoms with van der Waals surface area (Å²) in [6, 6.07) is 4.90. The Bertz CT molecular complexity index is 1080. The normalized spacial score (nSPS) is 23.4. The van der Waals surface area contributed by atoms with E-state index < -0.39 is 6.09 Å². The van der Waals surface area contributed by atoms with Gasteiger partial charge in [0, 0.05) is 35.7 Å². The maximum absolute atomic E-state index is 12.8. The molecule has 1 aromatic heterocycles. The van der Waals surface area contributed by atoms with E-state index in [0.717, 1.165) is 18.5 Å². The molecule has 182 valence electrons. The fourth-order valence-electron chi connectivity index (χ4n) is 4.59. The van der Waals surface area contributed by atoms with Gasteiger partial charge in [0.25, 0.3) is 0 Å². The van der Waals surface area contributed by atoms with Gasteiger partial charge in [0.2, 0.25) is 5.91 Å². The third-order valence-corrected chi connectivity index (χ3v) is 6.40. The zero-order valence-corrected chi connectivity index (χ0v) is 19.5. The van der Waals surface area contributed by atoms with Crippen molar-refractivity contribution in [1.82, 2.24) is 15.5 Å². The van der Waals surface area contributed by atoms with E-state index in [4.69, 9.17) is 9.47 Å². The lowest BCUT2D eigenvalue weighted by atomic mass is 10.0. The number of rotatable bonds is 8. The first-order chi connectivity index (χ1) is 16.3. The van der Waals surface area contributed by atoms with E-state index in [2.05, 4.69) is 20.8 Å². The molecular weight excluding hydrogens is 440 g/mol. The molecule has 0 saturated heterocycles. The predicted molar refractivity (Wildman–Crippen MR) is 123 cm³/mol. The first-order valence-corrected chi connectivity index (χ1v) is 11.5. The summed E-state index contributed by atoms with van der Waals surface area (Å²) < 4.78 is 10.7. The Labute approximate surface area is 197 Å². The van der Waals surface area contributed by atoms with Gasteiger partial charge in [0.1, 0.15) is 17.6 Å². The van der Waals surface area contributed by atoms with Crippen LogP contribution in [-0.4, -0.2) is 52.8 Å². The molecule has 0 bridgehead atoms. The number of amides is 2. The van der Waals surface area contributed by atoms with Gasteiger partial charge in [-0.2, -0.15) is 5.10 Å². The number of aromatic amines is 1. The number of aldehydes is 1. The molecule has 0 unspecified atom stereocenters. The molecule has 1 aromatic carbocycles. The van der Waals surface area contributed by atoms with Crippen LogP contribution in [0.15, 0.2) is 18.2 Å². The molecule has 2 fully saturated rings. The molecule has 2 aromatic rings. The van der Waals surface area contributed by atoms with Crippen LogP contribution >= 0.6 is 0 Å². The average molecular weight is 471 g/mol. The molecule has 2 aliphatic rings. The summed E-state index contributed by atoms with van der Waals surface area (Å²) in [6.45, 7) is 3.76. The molecule has 4 N–H and O–H groups in total. The van der Waals surface area contributed by atoms with Gasteiger partial charge in [0.15, 0.2) is 12.1 Å². The fourth-order valence-corrected chi connectivity index (χ4v) is 4.59. The second kappa shape index (κ2) is 9.74. The fraction of sp³-hybridized carbons (Fsp3) is 0.500. The number of phenolic OH excluding ortho intramolecular Hbond substituents is 1. The Morgan fingerprint density at radius 1 is 1.24 bits per heavy atom. The van der Waals surface area contributed by atoms with Gasteiger partial charge >= 0.3 is 6.09 Å². The number of hydrogen-bond donors (Lipinski definition) is 4. The number of aromatic hydroxyl groups is 1. The van der Waals surface area contributed by atoms with Gasteiger partial charge in [-0.15, -0.1) is 0 Å². The summed E-state index contributed by atoms with van der Waals surface area (Å²) in [4.78, 5) is 36.1. The highest BCUT2D eigenvalue weighted by atomic mass is 16.6. The summed E-state index contributed by atoms with van der Waals surface area (Å²) in [5.41, 5.74) is 1.68. The van der Waals surface area contributed by atoms with Crippen LogP contribution < -0.4 is 15.4 Å². The molecule has 2 aliphatic carbocycles. The van der Waals surface area contributed by atoms with Crippen molar-refractivity contribution < 1.29 is 29.0 Å². The van der Waals surface area contributed by atoms with E-state index in [1.54, 1.807) is 6.07 Å². The lowest BCUT2D eigenvalue weighted by Gasteiger charge is -2.14. The first kappa shape index (κ1) is 23.6. The average Bonchev–Trinajstić information content (AvgIpc) is 3.23. The van der Waals surface area contributed by atoms with Crippen molar-refractivity contribution in [1.29, 1.82) is 0 Å². The van der Waals surface area contributed by atoms with Gasteiger partial charge in [0.05, 0.1) is 12.7 Å². The number of benzene rings is 1. The number of ether oxygens (including phenoxy) is 2. The van der Waals surface area contributed by atoms with E-state index in [1.807, 2.05) is 19.9 Å². The lowest BCUT2D eigenvalue weighted by Crippen LogP contribution is -2.33. The van der Waals surface area contributed by atoms with E-state index in [0.29, 0.717) is 36.3 Å². The third-order valence-electron chi connectivity index (χ3n) is 6.40. The van der Waals surface area contributed by atoms with Gasteiger partial charge in [-0.05, 0) is 57.1 Å². The molecule has 4 rings (SSSR count). The number of anilines is 1. The maximum atomic E-state index is 12.8. The monoisotopic (exact) mass is 470 g/mol. The summed E-state index contributed by atoms with van der Waals surface area (Å²) in [6.07, 6.45) is 2.93. The number of phenols is 1. The van der Waals surface area contributed by atoms with Crippen molar-refractivity contribution >= 4 is 24.1 Å². The molecule has 0 aliphatic heterocycles. The van der Waals surface area contributed by atoms with Gasteiger partial charge in [-0.25, -0.2) is 4.79 Å². The van der Waals surface area contributed by atoms with Crippen LogP contribution in [0.1, 0.15) is 73.0 Å². The zero-order chi connectivity index (χ0) is 24.4. The van der Waals surface area contributed by atoms with E-state index in [1.165, 1.54) is 13.2 Å². The number of carbonyl (C=O) groups excluding carboxylic acids is 3. The van der Waals surface area contributed by atoms with Crippen molar-refractivity contribution in [2.24, 2.45) is 5.92 Å². The largest absolute Gasteiger partial charge is 0.507 e. The van der Waals surface area contributed by atoms with Crippen LogP contribution in [0.25, 0.3) is 0 Å². The lowest BCUT2D eigenvalue weighted by molar-refractivity contribution is -0.117. The molecule has 2 saturated carbocycles. The predicted octanol–water partition coefficient (Wildman–Crippen LogP) is 3.45. The molecular formula is C24H30N4O6. The van der Waals surface area contributed by atoms with Crippen molar-refractivity contribution in [2.45, 2.75) is 63.5 Å². The quantitative estimate of drug-likeness (QED) is 0.433. The molecule has 0 radical (unpaired) electrons. The van der Waals surface area contributed by atoms with Gasteiger partial charge in [-0.1, -0.05) is 0 Å². The van der Waals surface area contributed by atoms with Crippen LogP contribution in [0.3, 0.4) is 0 Å². The summed E-state index contributed by atoms with van der Waals surface area (Å²) >= 11 is 0. The minimum Gasteiger partial charge on any atom is -0.507 e. The summed E-state index contributed by atoms with van der Waals surface area (Å²) in [5, 5.41) is 22.9. The molecule has 2 amide bonds. The van der Waals surface area contributed by atoms with Crippen molar-refractivity contribution in [2.75, 3.05) is 12.4 Å². The number of carbonyl (C=O) groups is 3. The number of nitrogens with zero attached hydrogens (tertiary/aromatic N) is 1. The molecule has 34 heavy (non-hydrogen) atoms. The number of nitrogens with one attached hydrogen (secondary N) is 3. The standard InChI is InChI=1S/C24H30N4O6/c1-12(2)25-24(32)34-14-5-4-13(6-14)20-10-22(28-27-20)26-23(31)18-9-17(18)16-7-15(33-3)8-21(30)19(16)11-29/h7-8,10-14,17-18,30H,4-6,9H2,1-3H3,(H,25,32)(H2,26,27,28,31)/t13-,14+,17+,18-/m0/s1. The number of aromatic nitrogens is 2. The van der Waals surface area contributed by atoms with E-state index in [9.17, 15) is 19.5 Å². The number of alkyl carbamates (subject to hydrolysis) is 1. The first-order valence-electron chi connectivity index (χ1n) is 11.5. The molecule has 10 nitrogen and oxygen atoms in total. The van der Waals surface area contributed by atoms with Gasteiger partial charge in [-0.3, -0.25) is 14.7 Å². The number of hydrogen-bond acceptors (Lipinski definition) is 7. The number of H-pyrrole nitrogens is 1. The summed E-state index contributed by atoms with van der Waals surface area (Å²) in [5.74, 6) is 0.170. The van der Waals surface area contributed by atoms with Crippen LogP contribution in [0.2, 0.25) is 0 Å². The highest BCUT2D eigenvalue weighted by molar-refractivity contribution is 5.95. The van der Waals surface area contributed by atoms with Crippen molar-refractivity contribution in [3.05, 3.63) is 35.0 Å². The van der Waals surface area contributed by atoms with Gasteiger partial charge < -0.3 is 25.2 Å². The Kier molecular flexibility index (Phi) is 6.76. The Morgan fingerprint density at radius 2 is 2.03 bits per heavy atom. The molecule has 10 heteroatoms. The van der Waals surface area contributed by atoms with Crippen molar-refractivity contribution in [3.63, 3.8) is 0 Å². The third kappa shape index (κ3) is 5.16. The molecule has 4 atom stereocenters. The second-order valence-corrected chi connectivity index (χ2v) is 9.25. The minimum absolute atomic E-state index is 0.0224. The maximum Gasteiger partial charge on any atom is 0.407 e. The van der Waals surface area contributed by atoms with Crippen LogP contribution in [0.5, 0.6) is 11.5 Å². The topological polar surface area (TPSA) is 143 Å². The summed E-state index contributed by atoms with van der Waals surface area (Å²) in [7, 11) is 1.48. The smallest absolute Gasteiger partial charge is 0.407 e. The van der Waals surface area contributed by atoms with Crippen LogP contribution in [0.4, 0.5) is 10.6 Å². The molecule has 1 heterocycles. The second-order valence-electron chi connectivity index (χ2n) is 9.25. The zero-order valence-electron chi connectivity index (χ0n) is 19.5. The Morgan fingerprint density at radius 3 is 2.74 bits per heavy atom. The highest BCUT2D eigenvalue weighted by Crippen LogP contribution is 2.51. The van der Waals surface area contributed by atoms with E-state index >= 15 is 0 Å². The van der Waals surface area contributed by atoms with Crippen LogP contribution in [-0.2, 0) is 9.53 Å². The van der Waals surface area contributed by atoms with Crippen LogP contribution in [0, 0.1) is 5.92 Å². The minimum atomic E-state index is -0.403. The molecule has 0 spiro atoms. The number of methoxy groups -OCH3 is 1. The Balaban J connectivity index is 1.33. The van der Waals surface area contributed by atoms with Crippen molar-refractivity contribution in [3.8, 4) is 11.5 Å². The van der Waals surface area contributed by atoms with E-state index in [-0.39, 0.29) is 47.1 Å². The highest BCUT2D eigenvalue weighted by Gasteiger charge is 2.46. The SMILES string of the molecule is COc1cc(O)c(C=O)c([C@H]2C[C@@H]2C(=O)Nc2cc([C@H]3CC[C@@H](OC(=O)NC(C)C)C3)[nH]n2)c1.